The molecule has 2 nitrogen and oxygen atoms in total. The van der Waals surface area contributed by atoms with Gasteiger partial charge in [-0.25, -0.2) is 4.39 Å². The van der Waals surface area contributed by atoms with Gasteiger partial charge in [-0.15, -0.1) is 0 Å². The number of halogens is 1. The first kappa shape index (κ1) is 13.9. The maximum Gasteiger partial charge on any atom is 0.130 e. The van der Waals surface area contributed by atoms with Crippen LogP contribution in [0, 0.1) is 12.7 Å². The van der Waals surface area contributed by atoms with Crippen LogP contribution in [-0.4, -0.2) is 26.8 Å². The van der Waals surface area contributed by atoms with Gasteiger partial charge >= 0.3 is 0 Å². The molecule has 1 N–H and O–H groups in total. The zero-order chi connectivity index (χ0) is 12.5. The fourth-order valence-electron chi connectivity index (χ4n) is 1.49. The second kappa shape index (κ2) is 7.98. The van der Waals surface area contributed by atoms with Crippen molar-refractivity contribution in [3.63, 3.8) is 0 Å². The lowest BCUT2D eigenvalue weighted by atomic mass is 10.1. The van der Waals surface area contributed by atoms with Crippen LogP contribution in [0.15, 0.2) is 24.3 Å². The fraction of sp³-hybridized carbons (Fsp3) is 0.429. The van der Waals surface area contributed by atoms with E-state index in [0.717, 1.165) is 31.7 Å². The van der Waals surface area contributed by atoms with Gasteiger partial charge in [0.15, 0.2) is 0 Å². The monoisotopic (exact) mass is 237 g/mol. The summed E-state index contributed by atoms with van der Waals surface area (Å²) in [4.78, 5) is 0. The zero-order valence-electron chi connectivity index (χ0n) is 10.5. The summed E-state index contributed by atoms with van der Waals surface area (Å²) in [5.74, 6) is -0.167. The van der Waals surface area contributed by atoms with E-state index in [0.29, 0.717) is 5.56 Å². The largest absolute Gasteiger partial charge is 0.383 e. The predicted octanol–water partition coefficient (Wildman–Crippen LogP) is 2.77. The molecule has 3 heteroatoms. The van der Waals surface area contributed by atoms with E-state index in [2.05, 4.69) is 5.32 Å². The van der Waals surface area contributed by atoms with Crippen LogP contribution in [0.2, 0.25) is 0 Å². The van der Waals surface area contributed by atoms with Gasteiger partial charge in [-0.3, -0.25) is 0 Å². The quantitative estimate of drug-likeness (QED) is 0.736. The molecule has 0 unspecified atom stereocenters. The van der Waals surface area contributed by atoms with Crippen molar-refractivity contribution in [2.75, 3.05) is 26.8 Å². The van der Waals surface area contributed by atoms with E-state index < -0.39 is 0 Å². The Balaban J connectivity index is 2.30. The molecule has 1 aromatic carbocycles. The number of methoxy groups -OCH3 is 1. The van der Waals surface area contributed by atoms with Crippen molar-refractivity contribution in [3.8, 4) is 0 Å². The number of hydrogen-bond donors (Lipinski definition) is 1. The molecule has 0 amide bonds. The van der Waals surface area contributed by atoms with Crippen molar-refractivity contribution in [2.45, 2.75) is 13.3 Å². The lowest BCUT2D eigenvalue weighted by Gasteiger charge is -2.01. The van der Waals surface area contributed by atoms with Gasteiger partial charge in [0, 0.05) is 19.2 Å². The van der Waals surface area contributed by atoms with Gasteiger partial charge in [-0.2, -0.15) is 0 Å². The Kier molecular flexibility index (Phi) is 6.51. The molecule has 0 radical (unpaired) electrons. The van der Waals surface area contributed by atoms with Crippen LogP contribution < -0.4 is 5.32 Å². The molecule has 0 fully saturated rings. The van der Waals surface area contributed by atoms with E-state index in [1.165, 1.54) is 6.07 Å². The lowest BCUT2D eigenvalue weighted by Crippen LogP contribution is -2.19. The molecule has 1 aromatic rings. The van der Waals surface area contributed by atoms with Crippen LogP contribution in [0.4, 0.5) is 4.39 Å². The number of rotatable bonds is 7. The summed E-state index contributed by atoms with van der Waals surface area (Å²) < 4.78 is 18.3. The highest BCUT2D eigenvalue weighted by molar-refractivity contribution is 5.51. The summed E-state index contributed by atoms with van der Waals surface area (Å²) in [7, 11) is 1.68. The summed E-state index contributed by atoms with van der Waals surface area (Å²) in [5, 5.41) is 3.23. The molecule has 0 atom stereocenters. The summed E-state index contributed by atoms with van der Waals surface area (Å²) in [6.07, 6.45) is 4.70. The standard InChI is InChI=1S/C14H20FNO/c1-12-6-7-14(15)13(11-12)5-3-4-8-16-9-10-17-2/h3,5-7,11,16H,4,8-10H2,1-2H3. The third-order valence-corrected chi connectivity index (χ3v) is 2.42. The van der Waals surface area contributed by atoms with Crippen molar-refractivity contribution < 1.29 is 9.13 Å². The van der Waals surface area contributed by atoms with Crippen LogP contribution >= 0.6 is 0 Å². The maximum atomic E-state index is 13.4. The molecule has 0 heterocycles. The molecular weight excluding hydrogens is 217 g/mol. The topological polar surface area (TPSA) is 21.3 Å². The van der Waals surface area contributed by atoms with Crippen LogP contribution in [0.3, 0.4) is 0 Å². The third-order valence-electron chi connectivity index (χ3n) is 2.42. The summed E-state index contributed by atoms with van der Waals surface area (Å²) in [6, 6.07) is 5.13. The van der Waals surface area contributed by atoms with Gasteiger partial charge in [-0.05, 0) is 32.0 Å². The molecule has 1 rings (SSSR count). The Labute approximate surface area is 102 Å². The molecule has 0 saturated heterocycles. The van der Waals surface area contributed by atoms with Crippen molar-refractivity contribution >= 4 is 6.08 Å². The first-order valence-electron chi connectivity index (χ1n) is 5.86. The molecule has 0 aliphatic carbocycles. The Morgan fingerprint density at radius 1 is 1.35 bits per heavy atom. The normalized spacial score (nSPS) is 11.2. The molecule has 17 heavy (non-hydrogen) atoms. The van der Waals surface area contributed by atoms with Gasteiger partial charge in [0.25, 0.3) is 0 Å². The van der Waals surface area contributed by atoms with Crippen molar-refractivity contribution in [1.82, 2.24) is 5.32 Å². The number of benzene rings is 1. The molecule has 0 bridgehead atoms. The third kappa shape index (κ3) is 5.61. The number of nitrogens with one attached hydrogen (secondary N) is 1. The summed E-state index contributed by atoms with van der Waals surface area (Å²) in [5.41, 5.74) is 1.73. The Hall–Kier alpha value is -1.19. The maximum absolute atomic E-state index is 13.4. The number of aryl methyl sites for hydroxylation is 1. The minimum atomic E-state index is -0.167. The molecule has 0 saturated carbocycles. The first-order chi connectivity index (χ1) is 8.24. The number of ether oxygens (including phenoxy) is 1. The van der Waals surface area contributed by atoms with Crippen molar-refractivity contribution in [3.05, 3.63) is 41.2 Å². The minimum absolute atomic E-state index is 0.167. The van der Waals surface area contributed by atoms with E-state index in [-0.39, 0.29) is 5.82 Å². The fourth-order valence-corrected chi connectivity index (χ4v) is 1.49. The highest BCUT2D eigenvalue weighted by Crippen LogP contribution is 2.11. The summed E-state index contributed by atoms with van der Waals surface area (Å²) in [6.45, 7) is 4.41. The Morgan fingerprint density at radius 3 is 2.94 bits per heavy atom. The van der Waals surface area contributed by atoms with Crippen molar-refractivity contribution in [1.29, 1.82) is 0 Å². The van der Waals surface area contributed by atoms with E-state index in [4.69, 9.17) is 4.74 Å². The van der Waals surface area contributed by atoms with Crippen LogP contribution in [0.25, 0.3) is 6.08 Å². The average molecular weight is 237 g/mol. The Bertz CT molecular complexity index is 363. The van der Waals surface area contributed by atoms with E-state index in [9.17, 15) is 4.39 Å². The molecule has 0 spiro atoms. The molecule has 0 aliphatic rings. The smallest absolute Gasteiger partial charge is 0.130 e. The second-order valence-electron chi connectivity index (χ2n) is 3.96. The first-order valence-corrected chi connectivity index (χ1v) is 5.86. The average Bonchev–Trinajstić information content (AvgIpc) is 2.32. The highest BCUT2D eigenvalue weighted by Gasteiger charge is 1.97. The highest BCUT2D eigenvalue weighted by atomic mass is 19.1. The minimum Gasteiger partial charge on any atom is -0.383 e. The zero-order valence-corrected chi connectivity index (χ0v) is 10.5. The van der Waals surface area contributed by atoms with E-state index >= 15 is 0 Å². The lowest BCUT2D eigenvalue weighted by molar-refractivity contribution is 0.199. The SMILES string of the molecule is COCCNCCC=Cc1cc(C)ccc1F. The second-order valence-corrected chi connectivity index (χ2v) is 3.96. The molecule has 0 aliphatic heterocycles. The van der Waals surface area contributed by atoms with Gasteiger partial charge in [0.05, 0.1) is 6.61 Å². The number of hydrogen-bond acceptors (Lipinski definition) is 2. The molecular formula is C14H20FNO. The van der Waals surface area contributed by atoms with Gasteiger partial charge in [-0.1, -0.05) is 23.8 Å². The molecule has 0 aromatic heterocycles. The van der Waals surface area contributed by atoms with E-state index in [1.54, 1.807) is 13.2 Å². The summed E-state index contributed by atoms with van der Waals surface area (Å²) >= 11 is 0. The van der Waals surface area contributed by atoms with Crippen LogP contribution in [-0.2, 0) is 4.74 Å². The van der Waals surface area contributed by atoms with Crippen LogP contribution in [0.1, 0.15) is 17.5 Å². The van der Waals surface area contributed by atoms with Gasteiger partial charge < -0.3 is 10.1 Å². The molecule has 94 valence electrons. The van der Waals surface area contributed by atoms with E-state index in [1.807, 2.05) is 25.1 Å². The van der Waals surface area contributed by atoms with Gasteiger partial charge in [0.1, 0.15) is 5.82 Å². The predicted molar refractivity (Wildman–Crippen MR) is 69.5 cm³/mol. The van der Waals surface area contributed by atoms with Crippen molar-refractivity contribution in [2.24, 2.45) is 0 Å². The Morgan fingerprint density at radius 2 is 2.18 bits per heavy atom. The van der Waals surface area contributed by atoms with Crippen LogP contribution in [0.5, 0.6) is 0 Å². The van der Waals surface area contributed by atoms with Gasteiger partial charge in [0.2, 0.25) is 0 Å².